The molecule has 0 aliphatic heterocycles. The van der Waals surface area contributed by atoms with E-state index in [1.165, 1.54) is 15.3 Å². The molecule has 0 spiro atoms. The second-order valence-corrected chi connectivity index (χ2v) is 6.09. The topological polar surface area (TPSA) is 21.3 Å². The van der Waals surface area contributed by atoms with E-state index in [9.17, 15) is 0 Å². The Morgan fingerprint density at radius 2 is 1.75 bits per heavy atom. The second-order valence-electron chi connectivity index (χ2n) is 4.84. The Hall–Kier alpha value is -1.32. The number of nitrogens with one attached hydrogen (secondary N) is 1. The van der Waals surface area contributed by atoms with Gasteiger partial charge in [0.15, 0.2) is 0 Å². The van der Waals surface area contributed by atoms with Crippen LogP contribution in [0.4, 0.5) is 0 Å². The molecular weight excluding hydrogens is 266 g/mol. The summed E-state index contributed by atoms with van der Waals surface area (Å²) in [6.07, 6.45) is 2.21. The molecule has 2 rings (SSSR count). The van der Waals surface area contributed by atoms with Crippen molar-refractivity contribution in [2.75, 3.05) is 7.11 Å². The van der Waals surface area contributed by atoms with Gasteiger partial charge in [0.05, 0.1) is 7.11 Å². The lowest BCUT2D eigenvalue weighted by atomic mass is 10.0. The lowest BCUT2D eigenvalue weighted by Crippen LogP contribution is -2.19. The Labute approximate surface area is 125 Å². The predicted octanol–water partition coefficient (Wildman–Crippen LogP) is 4.56. The fourth-order valence-electron chi connectivity index (χ4n) is 2.27. The first-order valence-corrected chi connectivity index (χ1v) is 8.03. The fraction of sp³-hybridized carbons (Fsp3) is 0.412. The van der Waals surface area contributed by atoms with Crippen molar-refractivity contribution in [1.29, 1.82) is 0 Å². The molecule has 1 aromatic heterocycles. The SMILES string of the molecule is CCc1ccc(CNC(CC)c2ccc(OC)cc2)s1. The van der Waals surface area contributed by atoms with E-state index < -0.39 is 0 Å². The Balaban J connectivity index is 1.97. The molecule has 1 atom stereocenters. The van der Waals surface area contributed by atoms with Gasteiger partial charge in [0, 0.05) is 22.3 Å². The maximum Gasteiger partial charge on any atom is 0.118 e. The van der Waals surface area contributed by atoms with Crippen LogP contribution in [0.2, 0.25) is 0 Å². The molecule has 2 nitrogen and oxygen atoms in total. The van der Waals surface area contributed by atoms with Crippen molar-refractivity contribution in [1.82, 2.24) is 5.32 Å². The van der Waals surface area contributed by atoms with Gasteiger partial charge in [-0.2, -0.15) is 0 Å². The van der Waals surface area contributed by atoms with Crippen LogP contribution in [0.5, 0.6) is 5.75 Å². The Morgan fingerprint density at radius 3 is 2.30 bits per heavy atom. The number of hydrogen-bond acceptors (Lipinski definition) is 3. The first-order chi connectivity index (χ1) is 9.76. The van der Waals surface area contributed by atoms with Crippen molar-refractivity contribution >= 4 is 11.3 Å². The smallest absolute Gasteiger partial charge is 0.118 e. The van der Waals surface area contributed by atoms with Gasteiger partial charge in [-0.05, 0) is 42.7 Å². The van der Waals surface area contributed by atoms with Crippen LogP contribution in [-0.4, -0.2) is 7.11 Å². The molecule has 1 unspecified atom stereocenters. The third-order valence-corrected chi connectivity index (χ3v) is 4.74. The van der Waals surface area contributed by atoms with E-state index in [2.05, 4.69) is 43.4 Å². The number of methoxy groups -OCH3 is 1. The zero-order chi connectivity index (χ0) is 14.4. The normalized spacial score (nSPS) is 12.3. The highest BCUT2D eigenvalue weighted by atomic mass is 32.1. The lowest BCUT2D eigenvalue weighted by molar-refractivity contribution is 0.414. The highest BCUT2D eigenvalue weighted by Crippen LogP contribution is 2.22. The maximum absolute atomic E-state index is 5.21. The molecule has 0 aliphatic carbocycles. The molecule has 2 aromatic rings. The molecule has 0 saturated carbocycles. The number of ether oxygens (including phenoxy) is 1. The summed E-state index contributed by atoms with van der Waals surface area (Å²) in [5, 5.41) is 3.65. The summed E-state index contributed by atoms with van der Waals surface area (Å²) >= 11 is 1.90. The lowest BCUT2D eigenvalue weighted by Gasteiger charge is -2.17. The Morgan fingerprint density at radius 1 is 1.05 bits per heavy atom. The van der Waals surface area contributed by atoms with Gasteiger partial charge in [0.1, 0.15) is 5.75 Å². The van der Waals surface area contributed by atoms with Crippen LogP contribution in [0.1, 0.15) is 41.6 Å². The van der Waals surface area contributed by atoms with Crippen molar-refractivity contribution in [3.05, 3.63) is 51.7 Å². The van der Waals surface area contributed by atoms with Crippen LogP contribution in [0.25, 0.3) is 0 Å². The summed E-state index contributed by atoms with van der Waals surface area (Å²) in [5.74, 6) is 0.912. The average molecular weight is 289 g/mol. The van der Waals surface area contributed by atoms with Gasteiger partial charge in [-0.15, -0.1) is 11.3 Å². The van der Waals surface area contributed by atoms with E-state index in [1.807, 2.05) is 23.5 Å². The molecule has 0 saturated heterocycles. The quantitative estimate of drug-likeness (QED) is 0.806. The summed E-state index contributed by atoms with van der Waals surface area (Å²) in [6.45, 7) is 5.36. The highest BCUT2D eigenvalue weighted by molar-refractivity contribution is 7.11. The number of hydrogen-bond donors (Lipinski definition) is 1. The molecule has 108 valence electrons. The van der Waals surface area contributed by atoms with Gasteiger partial charge in [0.2, 0.25) is 0 Å². The van der Waals surface area contributed by atoms with E-state index in [0.29, 0.717) is 6.04 Å². The zero-order valence-electron chi connectivity index (χ0n) is 12.5. The van der Waals surface area contributed by atoms with Gasteiger partial charge in [-0.3, -0.25) is 0 Å². The van der Waals surface area contributed by atoms with Crippen molar-refractivity contribution in [3.8, 4) is 5.75 Å². The van der Waals surface area contributed by atoms with E-state index >= 15 is 0 Å². The second kappa shape index (κ2) is 7.46. The molecule has 0 bridgehead atoms. The zero-order valence-corrected chi connectivity index (χ0v) is 13.3. The van der Waals surface area contributed by atoms with Crippen molar-refractivity contribution < 1.29 is 4.74 Å². The minimum atomic E-state index is 0.396. The first kappa shape index (κ1) is 15.1. The summed E-state index contributed by atoms with van der Waals surface area (Å²) in [7, 11) is 1.70. The van der Waals surface area contributed by atoms with Crippen LogP contribution in [0.3, 0.4) is 0 Å². The first-order valence-electron chi connectivity index (χ1n) is 7.21. The molecule has 1 N–H and O–H groups in total. The monoisotopic (exact) mass is 289 g/mol. The third kappa shape index (κ3) is 3.84. The summed E-state index contributed by atoms with van der Waals surface area (Å²) in [5.41, 5.74) is 1.32. The average Bonchev–Trinajstić information content (AvgIpc) is 2.96. The van der Waals surface area contributed by atoms with Gasteiger partial charge in [0.25, 0.3) is 0 Å². The van der Waals surface area contributed by atoms with E-state index in [4.69, 9.17) is 4.74 Å². The van der Waals surface area contributed by atoms with Crippen molar-refractivity contribution in [2.45, 2.75) is 39.3 Å². The van der Waals surface area contributed by atoms with Crippen LogP contribution in [0, 0.1) is 0 Å². The van der Waals surface area contributed by atoms with E-state index in [1.54, 1.807) is 7.11 Å². The Kier molecular flexibility index (Phi) is 5.62. The van der Waals surface area contributed by atoms with Gasteiger partial charge >= 0.3 is 0 Å². The summed E-state index contributed by atoms with van der Waals surface area (Å²) in [6, 6.07) is 13.2. The molecule has 0 fully saturated rings. The minimum Gasteiger partial charge on any atom is -0.497 e. The van der Waals surface area contributed by atoms with Crippen molar-refractivity contribution in [3.63, 3.8) is 0 Å². The molecule has 3 heteroatoms. The van der Waals surface area contributed by atoms with Gasteiger partial charge in [-0.25, -0.2) is 0 Å². The Bertz CT molecular complexity index is 518. The fourth-order valence-corrected chi connectivity index (χ4v) is 3.17. The molecular formula is C17H23NOS. The largest absolute Gasteiger partial charge is 0.497 e. The van der Waals surface area contributed by atoms with Crippen LogP contribution >= 0.6 is 11.3 Å². The van der Waals surface area contributed by atoms with Gasteiger partial charge in [-0.1, -0.05) is 26.0 Å². The highest BCUT2D eigenvalue weighted by Gasteiger charge is 2.09. The number of rotatable bonds is 7. The van der Waals surface area contributed by atoms with E-state index in [-0.39, 0.29) is 0 Å². The maximum atomic E-state index is 5.21. The molecule has 20 heavy (non-hydrogen) atoms. The molecule has 0 aliphatic rings. The summed E-state index contributed by atoms with van der Waals surface area (Å²) < 4.78 is 5.21. The number of aryl methyl sites for hydroxylation is 1. The number of thiophene rings is 1. The predicted molar refractivity (Wildman–Crippen MR) is 86.6 cm³/mol. The van der Waals surface area contributed by atoms with Crippen LogP contribution in [0.15, 0.2) is 36.4 Å². The summed E-state index contributed by atoms with van der Waals surface area (Å²) in [4.78, 5) is 2.87. The minimum absolute atomic E-state index is 0.396. The van der Waals surface area contributed by atoms with Crippen LogP contribution in [-0.2, 0) is 13.0 Å². The third-order valence-electron chi connectivity index (χ3n) is 3.51. The standard InChI is InChI=1S/C17H23NOS/c1-4-15-10-11-16(20-15)12-18-17(5-2)13-6-8-14(19-3)9-7-13/h6-11,17-18H,4-5,12H2,1-3H3. The molecule has 0 amide bonds. The molecule has 1 heterocycles. The number of benzene rings is 1. The molecule has 0 radical (unpaired) electrons. The van der Waals surface area contributed by atoms with E-state index in [0.717, 1.165) is 25.1 Å². The van der Waals surface area contributed by atoms with Crippen molar-refractivity contribution in [2.24, 2.45) is 0 Å². The van der Waals surface area contributed by atoms with Gasteiger partial charge < -0.3 is 10.1 Å². The van der Waals surface area contributed by atoms with Crippen LogP contribution < -0.4 is 10.1 Å². The molecule has 1 aromatic carbocycles.